The van der Waals surface area contributed by atoms with Crippen LogP contribution in [0.25, 0.3) is 0 Å². The first kappa shape index (κ1) is 16.4. The van der Waals surface area contributed by atoms with Gasteiger partial charge in [-0.15, -0.1) is 10.2 Å². The van der Waals surface area contributed by atoms with Gasteiger partial charge in [0.15, 0.2) is 0 Å². The lowest BCUT2D eigenvalue weighted by Gasteiger charge is -2.17. The largest absolute Gasteiger partial charge is 0.478 e. The van der Waals surface area contributed by atoms with Gasteiger partial charge in [0.1, 0.15) is 12.2 Å². The van der Waals surface area contributed by atoms with Crippen LogP contribution in [0.4, 0.5) is 0 Å². The minimum Gasteiger partial charge on any atom is -0.478 e. The Morgan fingerprint density at radius 2 is 2.14 bits per heavy atom. The molecule has 0 bridgehead atoms. The van der Waals surface area contributed by atoms with Crippen molar-refractivity contribution in [2.24, 2.45) is 7.05 Å². The van der Waals surface area contributed by atoms with Crippen molar-refractivity contribution in [3.05, 3.63) is 40.9 Å². The van der Waals surface area contributed by atoms with E-state index in [1.165, 1.54) is 19.4 Å². The average molecular weight is 345 g/mol. The van der Waals surface area contributed by atoms with Crippen LogP contribution in [0.15, 0.2) is 29.4 Å². The molecule has 0 fully saturated rings. The number of aromatic nitrogens is 3. The maximum atomic E-state index is 12.5. The highest BCUT2D eigenvalue weighted by molar-refractivity contribution is 7.89. The molecule has 1 heterocycles. The lowest BCUT2D eigenvalue weighted by atomic mass is 10.2. The standard InChI is InChI=1S/C12H13ClN4O4S/c1-16-7-14-15-11(16)6-17(2)22(20,21)8-3-4-9(12(18)19)10(13)5-8/h3-5,7H,6H2,1-2H3,(H,18,19). The summed E-state index contributed by atoms with van der Waals surface area (Å²) in [5.41, 5.74) is -0.156. The molecule has 0 aliphatic heterocycles. The molecule has 22 heavy (non-hydrogen) atoms. The van der Waals surface area contributed by atoms with E-state index in [-0.39, 0.29) is 22.0 Å². The molecule has 0 saturated carbocycles. The van der Waals surface area contributed by atoms with Crippen LogP contribution in [0.5, 0.6) is 0 Å². The predicted molar refractivity (Wildman–Crippen MR) is 78.1 cm³/mol. The number of hydrogen-bond donors (Lipinski definition) is 1. The number of carboxylic acid groups (broad SMARTS) is 1. The Hall–Kier alpha value is -1.97. The highest BCUT2D eigenvalue weighted by atomic mass is 35.5. The Kier molecular flexibility index (Phi) is 4.50. The molecule has 0 spiro atoms. The normalized spacial score (nSPS) is 11.8. The van der Waals surface area contributed by atoms with E-state index >= 15 is 0 Å². The van der Waals surface area contributed by atoms with Gasteiger partial charge in [-0.2, -0.15) is 4.31 Å². The Morgan fingerprint density at radius 1 is 1.45 bits per heavy atom. The summed E-state index contributed by atoms with van der Waals surface area (Å²) < 4.78 is 27.6. The van der Waals surface area contributed by atoms with Crippen molar-refractivity contribution >= 4 is 27.6 Å². The Morgan fingerprint density at radius 3 is 2.64 bits per heavy atom. The summed E-state index contributed by atoms with van der Waals surface area (Å²) in [6.07, 6.45) is 1.47. The van der Waals surface area contributed by atoms with Gasteiger partial charge in [-0.3, -0.25) is 0 Å². The Labute approximate surface area is 132 Å². The SMILES string of the molecule is CN(Cc1nncn1C)S(=O)(=O)c1ccc(C(=O)O)c(Cl)c1. The van der Waals surface area contributed by atoms with Crippen LogP contribution in [0, 0.1) is 0 Å². The summed E-state index contributed by atoms with van der Waals surface area (Å²) in [6, 6.07) is 3.49. The van der Waals surface area contributed by atoms with Crippen molar-refractivity contribution in [1.29, 1.82) is 0 Å². The molecule has 0 aliphatic rings. The molecule has 8 nitrogen and oxygen atoms in total. The number of carbonyl (C=O) groups is 1. The van der Waals surface area contributed by atoms with Gasteiger partial charge in [-0.25, -0.2) is 13.2 Å². The molecule has 2 rings (SSSR count). The molecule has 0 saturated heterocycles. The van der Waals surface area contributed by atoms with Gasteiger partial charge in [0, 0.05) is 14.1 Å². The first-order chi connectivity index (χ1) is 10.2. The topological polar surface area (TPSA) is 105 Å². The monoisotopic (exact) mass is 344 g/mol. The summed E-state index contributed by atoms with van der Waals surface area (Å²) in [6.45, 7) is 0.0249. The van der Waals surface area contributed by atoms with Crippen LogP contribution < -0.4 is 0 Å². The van der Waals surface area contributed by atoms with Gasteiger partial charge in [0.2, 0.25) is 10.0 Å². The lowest BCUT2D eigenvalue weighted by molar-refractivity contribution is 0.0697. The first-order valence-electron chi connectivity index (χ1n) is 6.05. The van der Waals surface area contributed by atoms with E-state index in [4.69, 9.17) is 16.7 Å². The van der Waals surface area contributed by atoms with Gasteiger partial charge in [-0.1, -0.05) is 11.6 Å². The van der Waals surface area contributed by atoms with Gasteiger partial charge < -0.3 is 9.67 Å². The van der Waals surface area contributed by atoms with Crippen LogP contribution in [-0.2, 0) is 23.6 Å². The van der Waals surface area contributed by atoms with E-state index < -0.39 is 16.0 Å². The van der Waals surface area contributed by atoms with Crippen LogP contribution in [0.3, 0.4) is 0 Å². The third kappa shape index (κ3) is 3.11. The number of sulfonamides is 1. The van der Waals surface area contributed by atoms with E-state index in [1.807, 2.05) is 0 Å². The minimum absolute atomic E-state index is 0.0249. The van der Waals surface area contributed by atoms with E-state index in [2.05, 4.69) is 10.2 Å². The Balaban J connectivity index is 2.32. The third-order valence-corrected chi connectivity index (χ3v) is 5.16. The van der Waals surface area contributed by atoms with E-state index in [1.54, 1.807) is 11.6 Å². The van der Waals surface area contributed by atoms with Gasteiger partial charge in [-0.05, 0) is 18.2 Å². The zero-order valence-corrected chi connectivity index (χ0v) is 13.3. The highest BCUT2D eigenvalue weighted by Gasteiger charge is 2.24. The molecule has 2 aromatic rings. The number of halogens is 1. The smallest absolute Gasteiger partial charge is 0.337 e. The van der Waals surface area contributed by atoms with E-state index in [0.717, 1.165) is 16.4 Å². The average Bonchev–Trinajstić information content (AvgIpc) is 2.83. The van der Waals surface area contributed by atoms with Crippen LogP contribution >= 0.6 is 11.6 Å². The summed E-state index contributed by atoms with van der Waals surface area (Å²) >= 11 is 5.81. The second-order valence-electron chi connectivity index (χ2n) is 4.57. The quantitative estimate of drug-likeness (QED) is 0.867. The fraction of sp³-hybridized carbons (Fsp3) is 0.250. The van der Waals surface area contributed by atoms with Crippen molar-refractivity contribution in [3.8, 4) is 0 Å². The molecule has 118 valence electrons. The maximum absolute atomic E-state index is 12.5. The number of hydrogen-bond acceptors (Lipinski definition) is 5. The number of benzene rings is 1. The van der Waals surface area contributed by atoms with Gasteiger partial charge >= 0.3 is 5.97 Å². The number of aryl methyl sites for hydroxylation is 1. The minimum atomic E-state index is -3.82. The molecular formula is C12H13ClN4O4S. The summed E-state index contributed by atoms with van der Waals surface area (Å²) in [5, 5.41) is 16.3. The molecular weight excluding hydrogens is 332 g/mol. The van der Waals surface area contributed by atoms with Crippen LogP contribution in [-0.4, -0.2) is 45.6 Å². The maximum Gasteiger partial charge on any atom is 0.337 e. The van der Waals surface area contributed by atoms with Crippen molar-refractivity contribution in [2.45, 2.75) is 11.4 Å². The highest BCUT2D eigenvalue weighted by Crippen LogP contribution is 2.23. The first-order valence-corrected chi connectivity index (χ1v) is 7.87. The molecule has 1 aromatic carbocycles. The summed E-state index contributed by atoms with van der Waals surface area (Å²) in [5.74, 6) is -0.749. The summed E-state index contributed by atoms with van der Waals surface area (Å²) in [7, 11) is -0.727. The number of carboxylic acids is 1. The van der Waals surface area contributed by atoms with E-state index in [9.17, 15) is 13.2 Å². The second-order valence-corrected chi connectivity index (χ2v) is 7.02. The van der Waals surface area contributed by atoms with Crippen molar-refractivity contribution in [2.75, 3.05) is 7.05 Å². The van der Waals surface area contributed by atoms with Crippen molar-refractivity contribution in [3.63, 3.8) is 0 Å². The molecule has 0 unspecified atom stereocenters. The molecule has 0 radical (unpaired) electrons. The third-order valence-electron chi connectivity index (χ3n) is 3.05. The van der Waals surface area contributed by atoms with Crippen molar-refractivity contribution < 1.29 is 18.3 Å². The molecule has 10 heteroatoms. The van der Waals surface area contributed by atoms with Gasteiger partial charge in [0.05, 0.1) is 22.0 Å². The van der Waals surface area contributed by atoms with Crippen molar-refractivity contribution in [1.82, 2.24) is 19.1 Å². The predicted octanol–water partition coefficient (Wildman–Crippen LogP) is 0.987. The number of rotatable bonds is 5. The second kappa shape index (κ2) is 6.03. The lowest BCUT2D eigenvalue weighted by Crippen LogP contribution is -2.27. The molecule has 0 aliphatic carbocycles. The van der Waals surface area contributed by atoms with Gasteiger partial charge in [0.25, 0.3) is 0 Å². The zero-order chi connectivity index (χ0) is 16.5. The van der Waals surface area contributed by atoms with E-state index in [0.29, 0.717) is 5.82 Å². The number of aromatic carboxylic acids is 1. The molecule has 1 N–H and O–H groups in total. The van der Waals surface area contributed by atoms with Crippen LogP contribution in [0.1, 0.15) is 16.2 Å². The molecule has 1 aromatic heterocycles. The fourth-order valence-corrected chi connectivity index (χ4v) is 3.22. The van der Waals surface area contributed by atoms with Crippen LogP contribution in [0.2, 0.25) is 5.02 Å². The number of nitrogens with zero attached hydrogens (tertiary/aromatic N) is 4. The molecule has 0 amide bonds. The molecule has 0 atom stereocenters. The zero-order valence-electron chi connectivity index (χ0n) is 11.8. The Bertz CT molecular complexity index is 818. The summed E-state index contributed by atoms with van der Waals surface area (Å²) in [4.78, 5) is 10.8. The fourth-order valence-electron chi connectivity index (χ4n) is 1.74.